The maximum Gasteiger partial charge on any atom is 0.273 e. The first-order valence-corrected chi connectivity index (χ1v) is 11.1. The quantitative estimate of drug-likeness (QED) is 0.455. The Bertz CT molecular complexity index is 1290. The summed E-state index contributed by atoms with van der Waals surface area (Å²) in [4.78, 5) is 25.2. The van der Waals surface area contributed by atoms with Crippen LogP contribution in [0.15, 0.2) is 40.5 Å². The van der Waals surface area contributed by atoms with Gasteiger partial charge < -0.3 is 10.1 Å². The van der Waals surface area contributed by atoms with E-state index >= 15 is 0 Å². The van der Waals surface area contributed by atoms with Gasteiger partial charge in [0, 0.05) is 31.0 Å². The van der Waals surface area contributed by atoms with Gasteiger partial charge in [0.05, 0.1) is 12.6 Å². The highest BCUT2D eigenvalue weighted by atomic mass is 32.1. The lowest BCUT2D eigenvalue weighted by molar-refractivity contribution is -0.121. The number of rotatable bonds is 8. The fourth-order valence-corrected chi connectivity index (χ4v) is 4.53. The minimum absolute atomic E-state index is 0.0282. The van der Waals surface area contributed by atoms with Crippen molar-refractivity contribution in [2.24, 2.45) is 0 Å². The number of hydrogen-bond acceptors (Lipinski definition) is 6. The molecule has 1 aromatic carbocycles. The van der Waals surface area contributed by atoms with Crippen molar-refractivity contribution in [3.63, 3.8) is 0 Å². The average Bonchev–Trinajstić information content (AvgIpc) is 3.40. The zero-order chi connectivity index (χ0) is 22.0. The Morgan fingerprint density at radius 2 is 2.03 bits per heavy atom. The van der Waals surface area contributed by atoms with E-state index in [1.54, 1.807) is 11.7 Å². The number of benzene rings is 1. The van der Waals surface area contributed by atoms with Crippen molar-refractivity contribution < 1.29 is 9.53 Å². The molecule has 0 spiro atoms. The first-order chi connectivity index (χ1) is 15.0. The van der Waals surface area contributed by atoms with Gasteiger partial charge in [0.2, 0.25) is 11.7 Å². The topological polar surface area (TPSA) is 90.5 Å². The van der Waals surface area contributed by atoms with E-state index in [2.05, 4.69) is 15.5 Å². The van der Waals surface area contributed by atoms with E-state index in [4.69, 9.17) is 4.74 Å². The summed E-state index contributed by atoms with van der Waals surface area (Å²) < 4.78 is 9.63. The van der Waals surface area contributed by atoms with Gasteiger partial charge in [-0.3, -0.25) is 18.6 Å². The third kappa shape index (κ3) is 4.05. The molecular formula is C22H25N5O3S. The van der Waals surface area contributed by atoms with Crippen molar-refractivity contribution in [3.8, 4) is 5.75 Å². The molecule has 0 aliphatic carbocycles. The first kappa shape index (κ1) is 21.0. The molecule has 1 N–H and O–H groups in total. The molecule has 0 radical (unpaired) electrons. The van der Waals surface area contributed by atoms with Crippen LogP contribution in [-0.2, 0) is 17.8 Å². The molecule has 0 saturated heterocycles. The van der Waals surface area contributed by atoms with E-state index < -0.39 is 0 Å². The van der Waals surface area contributed by atoms with E-state index in [1.165, 1.54) is 11.3 Å². The summed E-state index contributed by atoms with van der Waals surface area (Å²) in [6.07, 6.45) is 1.59. The van der Waals surface area contributed by atoms with Crippen LogP contribution in [0, 0.1) is 0 Å². The highest BCUT2D eigenvalue weighted by Gasteiger charge is 2.19. The predicted molar refractivity (Wildman–Crippen MR) is 121 cm³/mol. The van der Waals surface area contributed by atoms with Crippen molar-refractivity contribution in [3.05, 3.63) is 57.5 Å². The number of amides is 1. The number of thiophene rings is 1. The van der Waals surface area contributed by atoms with Crippen LogP contribution in [0.2, 0.25) is 0 Å². The van der Waals surface area contributed by atoms with Gasteiger partial charge in [-0.2, -0.15) is 0 Å². The zero-order valence-corrected chi connectivity index (χ0v) is 18.6. The average molecular weight is 440 g/mol. The Hall–Kier alpha value is -3.20. The van der Waals surface area contributed by atoms with Crippen LogP contribution in [-0.4, -0.2) is 32.2 Å². The molecule has 4 rings (SSSR count). The van der Waals surface area contributed by atoms with E-state index in [0.29, 0.717) is 36.3 Å². The minimum atomic E-state index is -0.0397. The normalized spacial score (nSPS) is 11.5. The van der Waals surface area contributed by atoms with Crippen LogP contribution in [0.25, 0.3) is 16.0 Å². The number of carbonyl (C=O) groups excluding carboxylic acids is 1. The molecule has 0 aliphatic rings. The fraction of sp³-hybridized carbons (Fsp3) is 0.364. The number of fused-ring (bicyclic) bond motifs is 3. The Labute approximate surface area is 183 Å². The lowest BCUT2D eigenvalue weighted by atomic mass is 10.2. The van der Waals surface area contributed by atoms with Gasteiger partial charge in [0.1, 0.15) is 16.3 Å². The number of methoxy groups -OCH3 is 1. The number of aryl methyl sites for hydroxylation is 1. The second kappa shape index (κ2) is 8.89. The number of aromatic nitrogens is 4. The van der Waals surface area contributed by atoms with Crippen LogP contribution in [0.3, 0.4) is 0 Å². The van der Waals surface area contributed by atoms with Gasteiger partial charge in [-0.15, -0.1) is 21.5 Å². The van der Waals surface area contributed by atoms with Crippen LogP contribution in [0.4, 0.5) is 0 Å². The Morgan fingerprint density at radius 3 is 2.81 bits per heavy atom. The monoisotopic (exact) mass is 439 g/mol. The Kier molecular flexibility index (Phi) is 6.03. The second-order valence-electron chi connectivity index (χ2n) is 7.60. The van der Waals surface area contributed by atoms with Gasteiger partial charge >= 0.3 is 0 Å². The number of hydrogen-bond donors (Lipinski definition) is 1. The third-order valence-electron chi connectivity index (χ3n) is 5.22. The van der Waals surface area contributed by atoms with Crippen LogP contribution < -0.4 is 15.6 Å². The standard InChI is InChI=1S/C22H25N5O3S/c1-14(2)26-21(29)20-16(11-12-31-20)27-18(24-25-22(26)27)9-6-10-19(28)23-13-15-7-4-5-8-17(15)30-3/h4-5,7-8,11-12,14H,6,9-10,13H2,1-3H3,(H,23,28). The van der Waals surface area contributed by atoms with Crippen molar-refractivity contribution in [1.29, 1.82) is 0 Å². The number of nitrogens with zero attached hydrogens (tertiary/aromatic N) is 4. The molecule has 0 fully saturated rings. The van der Waals surface area contributed by atoms with Gasteiger partial charge in [-0.25, -0.2) is 0 Å². The van der Waals surface area contributed by atoms with Gasteiger partial charge in [0.15, 0.2) is 0 Å². The molecule has 3 heterocycles. The summed E-state index contributed by atoms with van der Waals surface area (Å²) in [6.45, 7) is 4.34. The molecule has 0 bridgehead atoms. The van der Waals surface area contributed by atoms with Crippen LogP contribution in [0.5, 0.6) is 5.75 Å². The molecule has 4 aromatic rings. The number of carbonyl (C=O) groups is 1. The lowest BCUT2D eigenvalue weighted by Gasteiger charge is -2.12. The molecule has 9 heteroatoms. The molecule has 1 amide bonds. The third-order valence-corrected chi connectivity index (χ3v) is 6.11. The molecule has 0 aliphatic heterocycles. The van der Waals surface area contributed by atoms with Gasteiger partial charge in [0.25, 0.3) is 5.56 Å². The molecular weight excluding hydrogens is 414 g/mol. The molecule has 0 saturated carbocycles. The van der Waals surface area contributed by atoms with Crippen LogP contribution in [0.1, 0.15) is 44.1 Å². The zero-order valence-electron chi connectivity index (χ0n) is 17.8. The van der Waals surface area contributed by atoms with Gasteiger partial charge in [-0.1, -0.05) is 18.2 Å². The summed E-state index contributed by atoms with van der Waals surface area (Å²) in [7, 11) is 1.62. The molecule has 8 nitrogen and oxygen atoms in total. The fourth-order valence-electron chi connectivity index (χ4n) is 3.71. The minimum Gasteiger partial charge on any atom is -0.496 e. The maximum atomic E-state index is 12.8. The molecule has 162 valence electrons. The van der Waals surface area contributed by atoms with E-state index in [-0.39, 0.29) is 17.5 Å². The summed E-state index contributed by atoms with van der Waals surface area (Å²) in [5, 5.41) is 13.5. The summed E-state index contributed by atoms with van der Waals surface area (Å²) in [5.41, 5.74) is 1.72. The first-order valence-electron chi connectivity index (χ1n) is 10.3. The molecule has 0 unspecified atom stereocenters. The number of para-hydroxylation sites is 1. The smallest absolute Gasteiger partial charge is 0.273 e. The Morgan fingerprint density at radius 1 is 1.23 bits per heavy atom. The second-order valence-corrected chi connectivity index (χ2v) is 8.51. The summed E-state index contributed by atoms with van der Waals surface area (Å²) >= 11 is 1.42. The van der Waals surface area contributed by atoms with Gasteiger partial charge in [-0.05, 0) is 37.8 Å². The Balaban J connectivity index is 1.46. The summed E-state index contributed by atoms with van der Waals surface area (Å²) in [5.74, 6) is 2.03. The van der Waals surface area contributed by atoms with Crippen molar-refractivity contribution in [2.75, 3.05) is 7.11 Å². The van der Waals surface area contributed by atoms with E-state index in [0.717, 1.165) is 22.7 Å². The van der Waals surface area contributed by atoms with Crippen molar-refractivity contribution in [2.45, 2.75) is 45.7 Å². The lowest BCUT2D eigenvalue weighted by Crippen LogP contribution is -2.24. The molecule has 31 heavy (non-hydrogen) atoms. The predicted octanol–water partition coefficient (Wildman–Crippen LogP) is 3.33. The SMILES string of the molecule is COc1ccccc1CNC(=O)CCCc1nnc2n(C(C)C)c(=O)c3sccc3n12. The van der Waals surface area contributed by atoms with E-state index in [1.807, 2.05) is 54.0 Å². The van der Waals surface area contributed by atoms with Crippen molar-refractivity contribution >= 4 is 33.2 Å². The largest absolute Gasteiger partial charge is 0.496 e. The van der Waals surface area contributed by atoms with Crippen LogP contribution >= 0.6 is 11.3 Å². The molecule has 0 atom stereocenters. The highest BCUT2D eigenvalue weighted by molar-refractivity contribution is 7.17. The van der Waals surface area contributed by atoms with Crippen molar-refractivity contribution in [1.82, 2.24) is 24.5 Å². The molecule has 3 aromatic heterocycles. The van der Waals surface area contributed by atoms with E-state index in [9.17, 15) is 9.59 Å². The maximum absolute atomic E-state index is 12.8. The highest BCUT2D eigenvalue weighted by Crippen LogP contribution is 2.22. The summed E-state index contributed by atoms with van der Waals surface area (Å²) in [6, 6.07) is 9.52. The number of nitrogens with one attached hydrogen (secondary N) is 1. The number of ether oxygens (including phenoxy) is 1.